The molecule has 0 fully saturated rings. The smallest absolute Gasteiger partial charge is 0.336 e. The maximum absolute atomic E-state index is 11.4. The van der Waals surface area contributed by atoms with Crippen LogP contribution in [0, 0.1) is 3.57 Å². The minimum absolute atomic E-state index is 0.0236. The molecule has 0 heterocycles. The topological polar surface area (TPSA) is 74.6 Å². The average Bonchev–Trinajstić information content (AvgIpc) is 2.47. The Morgan fingerprint density at radius 2 is 1.77 bits per heavy atom. The van der Waals surface area contributed by atoms with Crippen molar-refractivity contribution in [3.8, 4) is 0 Å². The summed E-state index contributed by atoms with van der Waals surface area (Å²) >= 11 is 5.69. The van der Waals surface area contributed by atoms with Gasteiger partial charge in [-0.3, -0.25) is 0 Å². The second-order valence-electron chi connectivity index (χ2n) is 4.67. The van der Waals surface area contributed by atoms with E-state index in [-0.39, 0.29) is 11.1 Å². The van der Waals surface area contributed by atoms with Gasteiger partial charge in [0.2, 0.25) is 0 Å². The minimum Gasteiger partial charge on any atom is -0.478 e. The lowest BCUT2D eigenvalue weighted by atomic mass is 9.95. The fourth-order valence-corrected chi connectivity index (χ4v) is 4.12. The van der Waals surface area contributed by atoms with Gasteiger partial charge in [-0.1, -0.05) is 34.1 Å². The molecule has 0 atom stereocenters. The highest BCUT2D eigenvalue weighted by Crippen LogP contribution is 2.24. The van der Waals surface area contributed by atoms with E-state index in [2.05, 4.69) is 38.5 Å². The van der Waals surface area contributed by atoms with Crippen LogP contribution in [0.1, 0.15) is 37.4 Å². The molecule has 2 rings (SSSR count). The van der Waals surface area contributed by atoms with Crippen molar-refractivity contribution in [2.45, 2.75) is 11.8 Å². The van der Waals surface area contributed by atoms with Crippen LogP contribution in [0.2, 0.25) is 0 Å². The Kier molecular flexibility index (Phi) is 5.57. The van der Waals surface area contributed by atoms with Gasteiger partial charge in [0.15, 0.2) is 0 Å². The predicted molar refractivity (Wildman–Crippen MR) is 95.0 cm³/mol. The fourth-order valence-electron chi connectivity index (χ4n) is 2.19. The number of carboxylic acid groups (broad SMARTS) is 2. The Bertz CT molecular complexity index is 743. The number of benzene rings is 2. The van der Waals surface area contributed by atoms with Crippen molar-refractivity contribution >= 4 is 50.5 Å². The van der Waals surface area contributed by atoms with Gasteiger partial charge < -0.3 is 10.2 Å². The third kappa shape index (κ3) is 3.67. The molecule has 2 aromatic rings. The first-order chi connectivity index (χ1) is 10.4. The van der Waals surface area contributed by atoms with Crippen LogP contribution in [0.3, 0.4) is 0 Å². The van der Waals surface area contributed by atoms with Crippen LogP contribution in [0.15, 0.2) is 36.4 Å². The van der Waals surface area contributed by atoms with Gasteiger partial charge in [0.25, 0.3) is 0 Å². The van der Waals surface area contributed by atoms with Gasteiger partial charge in [-0.2, -0.15) is 0 Å². The van der Waals surface area contributed by atoms with Crippen LogP contribution in [0.5, 0.6) is 0 Å². The van der Waals surface area contributed by atoms with Gasteiger partial charge in [-0.15, -0.1) is 0 Å². The molecule has 0 aliphatic heterocycles. The molecule has 2 N–H and O–H groups in total. The molecular weight excluding hydrogens is 463 g/mol. The number of alkyl halides is 1. The number of halogens is 2. The lowest BCUT2D eigenvalue weighted by Crippen LogP contribution is -2.07. The van der Waals surface area contributed by atoms with E-state index in [1.54, 1.807) is 6.07 Å². The molecule has 4 nitrogen and oxygen atoms in total. The summed E-state index contributed by atoms with van der Waals surface area (Å²) < 4.78 is 1.10. The largest absolute Gasteiger partial charge is 0.478 e. The van der Waals surface area contributed by atoms with E-state index in [9.17, 15) is 14.7 Å². The van der Waals surface area contributed by atoms with Crippen LogP contribution < -0.4 is 0 Å². The van der Waals surface area contributed by atoms with E-state index in [1.807, 2.05) is 18.2 Å². The van der Waals surface area contributed by atoms with Crippen molar-refractivity contribution in [1.82, 2.24) is 0 Å². The van der Waals surface area contributed by atoms with Crippen LogP contribution in [0.25, 0.3) is 0 Å². The Balaban J connectivity index is 2.48. The normalized spacial score (nSPS) is 10.5. The summed E-state index contributed by atoms with van der Waals surface area (Å²) in [6.45, 7) is 0. The van der Waals surface area contributed by atoms with E-state index >= 15 is 0 Å². The molecule has 2 aromatic carbocycles. The molecule has 0 saturated heterocycles. The highest BCUT2D eigenvalue weighted by atomic mass is 127. The Morgan fingerprint density at radius 3 is 2.36 bits per heavy atom. The zero-order valence-electron chi connectivity index (χ0n) is 11.3. The molecule has 0 radical (unpaired) electrons. The first-order valence-corrected chi connectivity index (χ1v) is 8.55. The third-order valence-corrected chi connectivity index (χ3v) is 4.89. The average molecular weight is 475 g/mol. The number of rotatable bonds is 5. The van der Waals surface area contributed by atoms with E-state index in [0.717, 1.165) is 14.7 Å². The summed E-state index contributed by atoms with van der Waals surface area (Å²) in [4.78, 5) is 22.4. The van der Waals surface area contributed by atoms with Crippen molar-refractivity contribution in [2.24, 2.45) is 0 Å². The summed E-state index contributed by atoms with van der Waals surface area (Å²) in [7, 11) is 0. The van der Waals surface area contributed by atoms with E-state index in [0.29, 0.717) is 17.3 Å². The predicted octanol–water partition coefficient (Wildman–Crippen LogP) is 4.17. The molecule has 0 bridgehead atoms. The van der Waals surface area contributed by atoms with Crippen LogP contribution in [-0.4, -0.2) is 22.2 Å². The van der Waals surface area contributed by atoms with Crippen molar-refractivity contribution in [2.75, 3.05) is 0 Å². The SMILES string of the molecule is O=C(O)c1ccc(Cc2cccc(I)c2CBr)c(C(=O)O)c1. The standard InChI is InChI=1S/C16H12BrIO4/c17-8-13-9(2-1-3-14(13)18)6-10-4-5-11(15(19)20)7-12(10)16(21)22/h1-5,7H,6,8H2,(H,19,20)(H,21,22). The van der Waals surface area contributed by atoms with Crippen LogP contribution in [0.4, 0.5) is 0 Å². The van der Waals surface area contributed by atoms with Crippen LogP contribution >= 0.6 is 38.5 Å². The lowest BCUT2D eigenvalue weighted by Gasteiger charge is -2.12. The summed E-state index contributed by atoms with van der Waals surface area (Å²) in [6.07, 6.45) is 0.444. The molecule has 22 heavy (non-hydrogen) atoms. The van der Waals surface area contributed by atoms with Crippen molar-refractivity contribution in [1.29, 1.82) is 0 Å². The van der Waals surface area contributed by atoms with Gasteiger partial charge in [0.1, 0.15) is 0 Å². The molecule has 0 saturated carbocycles. The Labute approximate surface area is 149 Å². The van der Waals surface area contributed by atoms with Crippen molar-refractivity contribution < 1.29 is 19.8 Å². The molecular formula is C16H12BrIO4. The lowest BCUT2D eigenvalue weighted by molar-refractivity contribution is 0.0695. The zero-order chi connectivity index (χ0) is 16.3. The first-order valence-electron chi connectivity index (χ1n) is 6.35. The fraction of sp³-hybridized carbons (Fsp3) is 0.125. The number of hydrogen-bond donors (Lipinski definition) is 2. The molecule has 0 aliphatic rings. The maximum atomic E-state index is 11.4. The molecule has 0 spiro atoms. The second-order valence-corrected chi connectivity index (χ2v) is 6.39. The number of carboxylic acids is 2. The van der Waals surface area contributed by atoms with E-state index in [1.165, 1.54) is 12.1 Å². The maximum Gasteiger partial charge on any atom is 0.336 e. The minimum atomic E-state index is -1.13. The van der Waals surface area contributed by atoms with Gasteiger partial charge in [0, 0.05) is 8.90 Å². The summed E-state index contributed by atoms with van der Waals surface area (Å²) in [5, 5.41) is 19.0. The molecule has 0 aromatic heterocycles. The van der Waals surface area contributed by atoms with Gasteiger partial charge in [-0.05, 0) is 63.9 Å². The van der Waals surface area contributed by atoms with E-state index < -0.39 is 11.9 Å². The van der Waals surface area contributed by atoms with Crippen LogP contribution in [-0.2, 0) is 11.8 Å². The van der Waals surface area contributed by atoms with Crippen molar-refractivity contribution in [3.63, 3.8) is 0 Å². The highest BCUT2D eigenvalue weighted by Gasteiger charge is 2.15. The van der Waals surface area contributed by atoms with Gasteiger partial charge >= 0.3 is 11.9 Å². The zero-order valence-corrected chi connectivity index (χ0v) is 15.1. The van der Waals surface area contributed by atoms with Gasteiger partial charge in [-0.25, -0.2) is 9.59 Å². The first kappa shape index (κ1) is 17.0. The van der Waals surface area contributed by atoms with Crippen molar-refractivity contribution in [3.05, 3.63) is 67.8 Å². The highest BCUT2D eigenvalue weighted by molar-refractivity contribution is 14.1. The summed E-state index contributed by atoms with van der Waals surface area (Å²) in [6, 6.07) is 10.1. The summed E-state index contributed by atoms with van der Waals surface area (Å²) in [5.41, 5.74) is 2.74. The summed E-state index contributed by atoms with van der Waals surface area (Å²) in [5.74, 6) is -2.26. The monoisotopic (exact) mass is 474 g/mol. The Morgan fingerprint density at radius 1 is 1.05 bits per heavy atom. The number of carbonyl (C=O) groups is 2. The quantitative estimate of drug-likeness (QED) is 0.503. The molecule has 114 valence electrons. The molecule has 0 unspecified atom stereocenters. The number of hydrogen-bond acceptors (Lipinski definition) is 2. The third-order valence-electron chi connectivity index (χ3n) is 3.32. The number of aromatic carboxylic acids is 2. The molecule has 6 heteroatoms. The van der Waals surface area contributed by atoms with E-state index in [4.69, 9.17) is 5.11 Å². The molecule has 0 aliphatic carbocycles. The Hall–Kier alpha value is -1.41. The molecule has 0 amide bonds. The second kappa shape index (κ2) is 7.23. The van der Waals surface area contributed by atoms with Gasteiger partial charge in [0.05, 0.1) is 11.1 Å².